The molecule has 15 heavy (non-hydrogen) atoms. The van der Waals surface area contributed by atoms with Crippen LogP contribution in [0.3, 0.4) is 0 Å². The van der Waals surface area contributed by atoms with E-state index in [-0.39, 0.29) is 12.7 Å². The highest BCUT2D eigenvalue weighted by Gasteiger charge is 2.12. The van der Waals surface area contributed by atoms with Gasteiger partial charge in [0, 0.05) is 20.2 Å². The molecule has 0 saturated carbocycles. The monoisotopic (exact) mass is 209 g/mol. The Morgan fingerprint density at radius 3 is 2.53 bits per heavy atom. The van der Waals surface area contributed by atoms with Crippen LogP contribution >= 0.6 is 0 Å². The van der Waals surface area contributed by atoms with E-state index in [4.69, 9.17) is 9.84 Å². The zero-order valence-corrected chi connectivity index (χ0v) is 9.39. The second kappa shape index (κ2) is 6.56. The number of aliphatic hydroxyl groups excluding tert-OH is 1. The van der Waals surface area contributed by atoms with Crippen molar-refractivity contribution in [1.29, 1.82) is 0 Å². The van der Waals surface area contributed by atoms with Crippen molar-refractivity contribution in [1.82, 2.24) is 4.90 Å². The first-order valence-corrected chi connectivity index (χ1v) is 5.15. The van der Waals surface area contributed by atoms with Crippen molar-refractivity contribution in [2.75, 3.05) is 33.9 Å². The van der Waals surface area contributed by atoms with Gasteiger partial charge in [0.05, 0.1) is 12.7 Å². The first kappa shape index (κ1) is 12.2. The third-order valence-electron chi connectivity index (χ3n) is 2.42. The molecule has 0 heterocycles. The maximum Gasteiger partial charge on any atom is 0.0947 e. The molecule has 1 aromatic carbocycles. The Kier molecular flexibility index (Phi) is 5.32. The molecule has 0 radical (unpaired) electrons. The van der Waals surface area contributed by atoms with E-state index >= 15 is 0 Å². The number of benzene rings is 1. The quantitative estimate of drug-likeness (QED) is 0.766. The minimum Gasteiger partial charge on any atom is -0.395 e. The van der Waals surface area contributed by atoms with E-state index in [9.17, 15) is 0 Å². The van der Waals surface area contributed by atoms with Gasteiger partial charge in [-0.1, -0.05) is 30.3 Å². The van der Waals surface area contributed by atoms with Gasteiger partial charge in [0.1, 0.15) is 0 Å². The summed E-state index contributed by atoms with van der Waals surface area (Å²) in [6.07, 6.45) is 0.0720. The van der Waals surface area contributed by atoms with Gasteiger partial charge >= 0.3 is 0 Å². The van der Waals surface area contributed by atoms with Gasteiger partial charge in [-0.05, 0) is 12.6 Å². The molecule has 3 heteroatoms. The molecule has 1 aromatic rings. The van der Waals surface area contributed by atoms with Crippen LogP contribution in [-0.2, 0) is 4.74 Å². The van der Waals surface area contributed by atoms with Crippen LogP contribution in [-0.4, -0.2) is 43.9 Å². The van der Waals surface area contributed by atoms with E-state index in [2.05, 4.69) is 17.0 Å². The summed E-state index contributed by atoms with van der Waals surface area (Å²) in [4.78, 5) is 2.06. The Morgan fingerprint density at radius 2 is 2.00 bits per heavy atom. The zero-order valence-electron chi connectivity index (χ0n) is 9.39. The molecule has 3 nitrogen and oxygen atoms in total. The molecule has 0 saturated heterocycles. The van der Waals surface area contributed by atoms with Gasteiger partial charge in [-0.15, -0.1) is 0 Å². The van der Waals surface area contributed by atoms with Gasteiger partial charge < -0.3 is 14.7 Å². The standard InChI is InChI=1S/C12H19NO2/c1-13(8-9-14)10-12(15-2)11-6-4-3-5-7-11/h3-7,12,14H,8-10H2,1-2H3. The summed E-state index contributed by atoms with van der Waals surface area (Å²) in [5.74, 6) is 0. The summed E-state index contributed by atoms with van der Waals surface area (Å²) in [6, 6.07) is 10.1. The van der Waals surface area contributed by atoms with Crippen LogP contribution in [0.25, 0.3) is 0 Å². The smallest absolute Gasteiger partial charge is 0.0947 e. The number of rotatable bonds is 6. The van der Waals surface area contributed by atoms with Crippen LogP contribution in [0.2, 0.25) is 0 Å². The van der Waals surface area contributed by atoms with E-state index in [1.54, 1.807) is 7.11 Å². The lowest BCUT2D eigenvalue weighted by molar-refractivity contribution is 0.0664. The van der Waals surface area contributed by atoms with Crippen LogP contribution in [0, 0.1) is 0 Å². The molecule has 0 aliphatic carbocycles. The highest BCUT2D eigenvalue weighted by molar-refractivity contribution is 5.17. The van der Waals surface area contributed by atoms with Crippen molar-refractivity contribution >= 4 is 0 Å². The third-order valence-corrected chi connectivity index (χ3v) is 2.42. The van der Waals surface area contributed by atoms with E-state index in [1.165, 1.54) is 5.56 Å². The second-order valence-electron chi connectivity index (χ2n) is 3.62. The van der Waals surface area contributed by atoms with Crippen molar-refractivity contribution < 1.29 is 9.84 Å². The summed E-state index contributed by atoms with van der Waals surface area (Å²) < 4.78 is 5.43. The maximum atomic E-state index is 8.81. The molecule has 1 rings (SSSR count). The Bertz CT molecular complexity index is 264. The molecular weight excluding hydrogens is 190 g/mol. The number of hydrogen-bond donors (Lipinski definition) is 1. The molecular formula is C12H19NO2. The summed E-state index contributed by atoms with van der Waals surface area (Å²) in [5.41, 5.74) is 1.17. The van der Waals surface area contributed by atoms with E-state index < -0.39 is 0 Å². The molecule has 84 valence electrons. The summed E-state index contributed by atoms with van der Waals surface area (Å²) >= 11 is 0. The molecule has 1 N–H and O–H groups in total. The summed E-state index contributed by atoms with van der Waals surface area (Å²) in [6.45, 7) is 1.65. The number of likely N-dealkylation sites (N-methyl/N-ethyl adjacent to an activating group) is 1. The van der Waals surface area contributed by atoms with Gasteiger partial charge in [-0.2, -0.15) is 0 Å². The Hall–Kier alpha value is -0.900. The number of ether oxygens (including phenoxy) is 1. The molecule has 0 amide bonds. The first-order valence-electron chi connectivity index (χ1n) is 5.15. The highest BCUT2D eigenvalue weighted by atomic mass is 16.5. The van der Waals surface area contributed by atoms with E-state index in [0.29, 0.717) is 6.54 Å². The fourth-order valence-corrected chi connectivity index (χ4v) is 1.53. The third kappa shape index (κ3) is 4.00. The van der Waals surface area contributed by atoms with E-state index in [1.807, 2.05) is 25.2 Å². The summed E-state index contributed by atoms with van der Waals surface area (Å²) in [5, 5.41) is 8.81. The predicted octanol–water partition coefficient (Wildman–Crippen LogP) is 1.30. The average Bonchev–Trinajstić information content (AvgIpc) is 2.27. The zero-order chi connectivity index (χ0) is 11.1. The molecule has 0 spiro atoms. The minimum absolute atomic E-state index is 0.0720. The van der Waals surface area contributed by atoms with E-state index in [0.717, 1.165) is 6.54 Å². The second-order valence-corrected chi connectivity index (χ2v) is 3.62. The Balaban J connectivity index is 2.56. The van der Waals surface area contributed by atoms with Crippen molar-refractivity contribution in [3.8, 4) is 0 Å². The van der Waals surface area contributed by atoms with Crippen LogP contribution < -0.4 is 0 Å². The lowest BCUT2D eigenvalue weighted by Gasteiger charge is -2.22. The Morgan fingerprint density at radius 1 is 1.33 bits per heavy atom. The first-order chi connectivity index (χ1) is 7.27. The number of aliphatic hydroxyl groups is 1. The van der Waals surface area contributed by atoms with Crippen molar-refractivity contribution in [2.24, 2.45) is 0 Å². The lowest BCUT2D eigenvalue weighted by Crippen LogP contribution is -2.28. The van der Waals surface area contributed by atoms with Crippen LogP contribution in [0.5, 0.6) is 0 Å². The molecule has 0 bridgehead atoms. The molecule has 0 fully saturated rings. The topological polar surface area (TPSA) is 32.7 Å². The summed E-state index contributed by atoms with van der Waals surface area (Å²) in [7, 11) is 3.69. The van der Waals surface area contributed by atoms with Gasteiger partial charge in [0.15, 0.2) is 0 Å². The SMILES string of the molecule is COC(CN(C)CCO)c1ccccc1. The number of methoxy groups -OCH3 is 1. The van der Waals surface area contributed by atoms with Gasteiger partial charge in [0.2, 0.25) is 0 Å². The van der Waals surface area contributed by atoms with Crippen LogP contribution in [0.1, 0.15) is 11.7 Å². The van der Waals surface area contributed by atoms with Crippen molar-refractivity contribution in [3.63, 3.8) is 0 Å². The van der Waals surface area contributed by atoms with Gasteiger partial charge in [-0.3, -0.25) is 0 Å². The number of nitrogens with zero attached hydrogens (tertiary/aromatic N) is 1. The molecule has 0 aliphatic heterocycles. The highest BCUT2D eigenvalue weighted by Crippen LogP contribution is 2.16. The largest absolute Gasteiger partial charge is 0.395 e. The minimum atomic E-state index is 0.0720. The fourth-order valence-electron chi connectivity index (χ4n) is 1.53. The van der Waals surface area contributed by atoms with Crippen molar-refractivity contribution in [3.05, 3.63) is 35.9 Å². The lowest BCUT2D eigenvalue weighted by atomic mass is 10.1. The van der Waals surface area contributed by atoms with Gasteiger partial charge in [0.25, 0.3) is 0 Å². The van der Waals surface area contributed by atoms with Crippen molar-refractivity contribution in [2.45, 2.75) is 6.10 Å². The molecule has 0 aliphatic rings. The molecule has 1 unspecified atom stereocenters. The van der Waals surface area contributed by atoms with Gasteiger partial charge in [-0.25, -0.2) is 0 Å². The van der Waals surface area contributed by atoms with Crippen LogP contribution in [0.15, 0.2) is 30.3 Å². The van der Waals surface area contributed by atoms with Crippen LogP contribution in [0.4, 0.5) is 0 Å². The normalized spacial score (nSPS) is 13.1. The fraction of sp³-hybridized carbons (Fsp3) is 0.500. The average molecular weight is 209 g/mol. The predicted molar refractivity (Wildman–Crippen MR) is 60.8 cm³/mol. The maximum absolute atomic E-state index is 8.81. The molecule has 1 atom stereocenters. The Labute approximate surface area is 91.3 Å². The number of hydrogen-bond acceptors (Lipinski definition) is 3. The molecule has 0 aromatic heterocycles.